The van der Waals surface area contributed by atoms with Crippen molar-refractivity contribution in [2.75, 3.05) is 17.7 Å². The van der Waals surface area contributed by atoms with Crippen molar-refractivity contribution >= 4 is 40.0 Å². The van der Waals surface area contributed by atoms with Gasteiger partial charge in [0.2, 0.25) is 5.91 Å². The third-order valence-electron chi connectivity index (χ3n) is 4.04. The molecule has 2 aromatic heterocycles. The Bertz CT molecular complexity index is 999. The van der Waals surface area contributed by atoms with Gasteiger partial charge in [-0.25, -0.2) is 4.79 Å². The van der Waals surface area contributed by atoms with E-state index < -0.39 is 0 Å². The standard InChI is InChI=1S/C20H22N4O3S2/c1-4-24-18(14-9-7-6-8-10-14)22-23-20(24)28-12-15(25)21-16-11-13(3)17(29-16)19(26)27-5-2/h6-11H,4-5,12H2,1-3H3,(H,21,25). The first-order chi connectivity index (χ1) is 14.0. The maximum absolute atomic E-state index is 12.4. The summed E-state index contributed by atoms with van der Waals surface area (Å²) >= 11 is 2.55. The summed E-state index contributed by atoms with van der Waals surface area (Å²) in [7, 11) is 0. The molecule has 0 saturated carbocycles. The summed E-state index contributed by atoms with van der Waals surface area (Å²) in [6, 6.07) is 11.6. The molecule has 3 rings (SSSR count). The van der Waals surface area contributed by atoms with E-state index in [1.165, 1.54) is 23.1 Å². The molecule has 1 N–H and O–H groups in total. The van der Waals surface area contributed by atoms with Gasteiger partial charge in [-0.15, -0.1) is 21.5 Å². The zero-order valence-electron chi connectivity index (χ0n) is 16.5. The number of anilines is 1. The maximum atomic E-state index is 12.4. The smallest absolute Gasteiger partial charge is 0.348 e. The SMILES string of the molecule is CCOC(=O)c1sc(NC(=O)CSc2nnc(-c3ccccc3)n2CC)cc1C. The van der Waals surface area contributed by atoms with Crippen molar-refractivity contribution in [3.8, 4) is 11.4 Å². The van der Waals surface area contributed by atoms with Crippen LogP contribution in [0.25, 0.3) is 11.4 Å². The summed E-state index contributed by atoms with van der Waals surface area (Å²) in [4.78, 5) is 24.8. The highest BCUT2D eigenvalue weighted by molar-refractivity contribution is 7.99. The Morgan fingerprint density at radius 1 is 1.21 bits per heavy atom. The van der Waals surface area contributed by atoms with E-state index in [2.05, 4.69) is 15.5 Å². The molecule has 2 heterocycles. The van der Waals surface area contributed by atoms with Crippen LogP contribution in [0, 0.1) is 6.92 Å². The fourth-order valence-electron chi connectivity index (χ4n) is 2.73. The second-order valence-electron chi connectivity index (χ2n) is 6.10. The second kappa shape index (κ2) is 9.71. The molecule has 152 valence electrons. The molecule has 1 aromatic carbocycles. The number of esters is 1. The van der Waals surface area contributed by atoms with Crippen LogP contribution in [0.15, 0.2) is 41.6 Å². The Labute approximate surface area is 177 Å². The first-order valence-electron chi connectivity index (χ1n) is 9.22. The number of nitrogens with zero attached hydrogens (tertiary/aromatic N) is 3. The van der Waals surface area contributed by atoms with Gasteiger partial charge in [0.1, 0.15) is 4.88 Å². The van der Waals surface area contributed by atoms with Gasteiger partial charge in [0.25, 0.3) is 0 Å². The maximum Gasteiger partial charge on any atom is 0.348 e. The molecule has 0 spiro atoms. The van der Waals surface area contributed by atoms with Crippen molar-refractivity contribution < 1.29 is 14.3 Å². The fourth-order valence-corrected chi connectivity index (χ4v) is 4.51. The molecule has 1 amide bonds. The molecule has 0 aliphatic rings. The number of carbonyl (C=O) groups excluding carboxylic acids is 2. The van der Waals surface area contributed by atoms with Gasteiger partial charge in [0.15, 0.2) is 11.0 Å². The van der Waals surface area contributed by atoms with Crippen LogP contribution in [0.4, 0.5) is 5.00 Å². The van der Waals surface area contributed by atoms with Crippen LogP contribution in [-0.4, -0.2) is 39.0 Å². The zero-order valence-corrected chi connectivity index (χ0v) is 18.1. The summed E-state index contributed by atoms with van der Waals surface area (Å²) in [6.07, 6.45) is 0. The molecule has 0 bridgehead atoms. The van der Waals surface area contributed by atoms with Gasteiger partial charge < -0.3 is 14.6 Å². The Kier molecular flexibility index (Phi) is 7.05. The minimum absolute atomic E-state index is 0.168. The van der Waals surface area contributed by atoms with Crippen molar-refractivity contribution in [1.82, 2.24) is 14.8 Å². The monoisotopic (exact) mass is 430 g/mol. The second-order valence-corrected chi connectivity index (χ2v) is 8.09. The van der Waals surface area contributed by atoms with Gasteiger partial charge in [0, 0.05) is 12.1 Å². The molecule has 9 heteroatoms. The van der Waals surface area contributed by atoms with E-state index in [0.717, 1.165) is 17.0 Å². The highest BCUT2D eigenvalue weighted by atomic mass is 32.2. The predicted molar refractivity (Wildman–Crippen MR) is 115 cm³/mol. The molecule has 7 nitrogen and oxygen atoms in total. The molecule has 0 fully saturated rings. The Morgan fingerprint density at radius 2 is 1.97 bits per heavy atom. The van der Waals surface area contributed by atoms with Gasteiger partial charge in [-0.05, 0) is 32.4 Å². The van der Waals surface area contributed by atoms with E-state index in [0.29, 0.717) is 28.2 Å². The van der Waals surface area contributed by atoms with Crippen LogP contribution in [-0.2, 0) is 16.1 Å². The Hall–Kier alpha value is -2.65. The van der Waals surface area contributed by atoms with Crippen molar-refractivity contribution in [2.24, 2.45) is 0 Å². The van der Waals surface area contributed by atoms with Crippen molar-refractivity contribution in [1.29, 1.82) is 0 Å². The number of amides is 1. The normalized spacial score (nSPS) is 10.7. The van der Waals surface area contributed by atoms with Crippen LogP contribution in [0.3, 0.4) is 0 Å². The number of rotatable bonds is 8. The topological polar surface area (TPSA) is 86.1 Å². The molecule has 0 saturated heterocycles. The molecule has 0 radical (unpaired) electrons. The Morgan fingerprint density at radius 3 is 2.66 bits per heavy atom. The highest BCUT2D eigenvalue weighted by Gasteiger charge is 2.17. The van der Waals surface area contributed by atoms with Crippen LogP contribution < -0.4 is 5.32 Å². The quantitative estimate of drug-likeness (QED) is 0.425. The molecular weight excluding hydrogens is 408 g/mol. The van der Waals surface area contributed by atoms with Crippen molar-refractivity contribution in [3.05, 3.63) is 46.8 Å². The average Bonchev–Trinajstić information content (AvgIpc) is 3.30. The number of hydrogen-bond acceptors (Lipinski definition) is 7. The number of nitrogens with one attached hydrogen (secondary N) is 1. The fraction of sp³-hybridized carbons (Fsp3) is 0.300. The van der Waals surface area contributed by atoms with Crippen LogP contribution in [0.1, 0.15) is 29.1 Å². The van der Waals surface area contributed by atoms with Gasteiger partial charge in [-0.2, -0.15) is 0 Å². The van der Waals surface area contributed by atoms with E-state index in [1.54, 1.807) is 13.0 Å². The molecule has 0 aliphatic heterocycles. The van der Waals surface area contributed by atoms with Gasteiger partial charge in [0.05, 0.1) is 17.4 Å². The van der Waals surface area contributed by atoms with E-state index in [-0.39, 0.29) is 17.6 Å². The van der Waals surface area contributed by atoms with Crippen molar-refractivity contribution in [3.63, 3.8) is 0 Å². The summed E-state index contributed by atoms with van der Waals surface area (Å²) < 4.78 is 7.02. The number of ether oxygens (including phenoxy) is 1. The minimum Gasteiger partial charge on any atom is -0.462 e. The molecule has 29 heavy (non-hydrogen) atoms. The summed E-state index contributed by atoms with van der Waals surface area (Å²) in [5.41, 5.74) is 1.77. The van der Waals surface area contributed by atoms with Gasteiger partial charge in [-0.1, -0.05) is 42.1 Å². The highest BCUT2D eigenvalue weighted by Crippen LogP contribution is 2.28. The third-order valence-corrected chi connectivity index (χ3v) is 6.14. The largest absolute Gasteiger partial charge is 0.462 e. The number of aromatic nitrogens is 3. The van der Waals surface area contributed by atoms with Crippen LogP contribution in [0.5, 0.6) is 0 Å². The molecule has 0 aliphatic carbocycles. The number of thioether (sulfide) groups is 1. The van der Waals surface area contributed by atoms with E-state index >= 15 is 0 Å². The van der Waals surface area contributed by atoms with E-state index in [9.17, 15) is 9.59 Å². The average molecular weight is 431 g/mol. The first-order valence-corrected chi connectivity index (χ1v) is 11.0. The number of carbonyl (C=O) groups is 2. The number of benzene rings is 1. The lowest BCUT2D eigenvalue weighted by Crippen LogP contribution is -2.13. The summed E-state index contributed by atoms with van der Waals surface area (Å²) in [5.74, 6) is 0.440. The van der Waals surface area contributed by atoms with Crippen LogP contribution in [0.2, 0.25) is 0 Å². The Balaban J connectivity index is 1.64. The van der Waals surface area contributed by atoms with Gasteiger partial charge >= 0.3 is 5.97 Å². The molecule has 0 unspecified atom stereocenters. The zero-order chi connectivity index (χ0) is 20.8. The molecule has 3 aromatic rings. The first kappa shape index (κ1) is 21.1. The van der Waals surface area contributed by atoms with Gasteiger partial charge in [-0.3, -0.25) is 4.79 Å². The summed E-state index contributed by atoms with van der Waals surface area (Å²) in [5, 5.41) is 12.7. The van der Waals surface area contributed by atoms with Crippen LogP contribution >= 0.6 is 23.1 Å². The van der Waals surface area contributed by atoms with E-state index in [4.69, 9.17) is 4.74 Å². The minimum atomic E-state index is -0.366. The molecule has 0 atom stereocenters. The number of hydrogen-bond donors (Lipinski definition) is 1. The summed E-state index contributed by atoms with van der Waals surface area (Å²) in [6.45, 7) is 6.62. The number of aryl methyl sites for hydroxylation is 1. The number of thiophene rings is 1. The van der Waals surface area contributed by atoms with Crippen molar-refractivity contribution in [2.45, 2.75) is 32.5 Å². The lowest BCUT2D eigenvalue weighted by atomic mass is 10.2. The lowest BCUT2D eigenvalue weighted by Gasteiger charge is -2.07. The third kappa shape index (κ3) is 5.04. The van der Waals surface area contributed by atoms with E-state index in [1.807, 2.05) is 48.7 Å². The molecular formula is C20H22N4O3S2. The lowest BCUT2D eigenvalue weighted by molar-refractivity contribution is -0.113. The predicted octanol–water partition coefficient (Wildman–Crippen LogP) is 4.24.